The van der Waals surface area contributed by atoms with Gasteiger partial charge in [-0.3, -0.25) is 0 Å². The van der Waals surface area contributed by atoms with Gasteiger partial charge >= 0.3 is 11.3 Å². The quantitative estimate of drug-likeness (QED) is 0.245. The van der Waals surface area contributed by atoms with Gasteiger partial charge in [-0.1, -0.05) is 75.6 Å². The summed E-state index contributed by atoms with van der Waals surface area (Å²) in [6.45, 7) is 8.41. The molecule has 1 aromatic rings. The third-order valence-corrected chi connectivity index (χ3v) is 7.05. The maximum atomic E-state index is 12.5. The van der Waals surface area contributed by atoms with E-state index in [1.165, 1.54) is 11.3 Å². The molecule has 0 amide bonds. The Balaban J connectivity index is 1.47. The minimum Gasteiger partial charge on any atom is -0.422 e. The lowest BCUT2D eigenvalue weighted by Gasteiger charge is -2.01. The van der Waals surface area contributed by atoms with Crippen LogP contribution in [-0.4, -0.2) is 0 Å². The fourth-order valence-electron chi connectivity index (χ4n) is 4.01. The summed E-state index contributed by atoms with van der Waals surface area (Å²) in [6.07, 6.45) is 0. The molecule has 3 heterocycles. The molecule has 182 valence electrons. The Morgan fingerprint density at radius 3 is 1.46 bits per heavy atom. The largest absolute Gasteiger partial charge is 0.422 e. The predicted molar refractivity (Wildman–Crippen MR) is 148 cm³/mol. The van der Waals surface area contributed by atoms with Crippen LogP contribution in [0, 0.1) is 23.7 Å². The summed E-state index contributed by atoms with van der Waals surface area (Å²) in [5, 5.41) is 0. The first kappa shape index (κ1) is 24.4. The SMILES string of the molecule is CC(C)c1cccc2oc(=O)c(C#Cc3ccc(C#Cc4c5cc(C(C)C)cccc-5oc4=O)s3)c-2c1. The Bertz CT molecular complexity index is 1660. The standard InChI is InChI=1S/C32H24O4S/c1-19(2)21-7-5-9-29-27(17-21)25(31(33)35-29)15-13-23-11-12-24(37-23)14-16-26-28-18-22(20(3)4)8-6-10-30(28)36-32(26)34/h5-12,17-20H,1-4H3. The highest BCUT2D eigenvalue weighted by Gasteiger charge is 2.17. The van der Waals surface area contributed by atoms with Gasteiger partial charge in [-0.05, 0) is 59.4 Å². The third-order valence-electron chi connectivity index (χ3n) is 6.14. The summed E-state index contributed by atoms with van der Waals surface area (Å²) >= 11 is 1.40. The lowest BCUT2D eigenvalue weighted by atomic mass is 10.0. The van der Waals surface area contributed by atoms with Gasteiger partial charge in [0, 0.05) is 11.1 Å². The third kappa shape index (κ3) is 5.00. The van der Waals surface area contributed by atoms with Crippen LogP contribution in [-0.2, 0) is 0 Å². The van der Waals surface area contributed by atoms with Crippen LogP contribution in [0.2, 0.25) is 0 Å². The monoisotopic (exact) mass is 504 g/mol. The van der Waals surface area contributed by atoms with Crippen molar-refractivity contribution in [1.29, 1.82) is 0 Å². The van der Waals surface area contributed by atoms with E-state index in [0.29, 0.717) is 45.6 Å². The lowest BCUT2D eigenvalue weighted by Crippen LogP contribution is -1.96. The van der Waals surface area contributed by atoms with Crippen molar-refractivity contribution in [3.8, 4) is 46.3 Å². The molecule has 0 radical (unpaired) electrons. The molecule has 5 rings (SSSR count). The van der Waals surface area contributed by atoms with Crippen LogP contribution in [0.15, 0.2) is 79.1 Å². The normalized spacial score (nSPS) is 11.0. The number of furan rings is 2. The Hall–Kier alpha value is -4.32. The van der Waals surface area contributed by atoms with E-state index in [1.54, 1.807) is 12.1 Å². The molecule has 0 saturated carbocycles. The fraction of sp³-hybridized carbons (Fsp3) is 0.188. The molecule has 0 saturated heterocycles. The summed E-state index contributed by atoms with van der Waals surface area (Å²) in [5.41, 5.74) is 3.45. The molecular weight excluding hydrogens is 480 g/mol. The summed E-state index contributed by atoms with van der Waals surface area (Å²) in [5.74, 6) is 13.8. The zero-order valence-corrected chi connectivity index (χ0v) is 21.8. The van der Waals surface area contributed by atoms with E-state index < -0.39 is 11.3 Å². The van der Waals surface area contributed by atoms with Crippen molar-refractivity contribution in [2.45, 2.75) is 39.5 Å². The van der Waals surface area contributed by atoms with Gasteiger partial charge in [0.1, 0.15) is 22.6 Å². The molecule has 0 aromatic carbocycles. The van der Waals surface area contributed by atoms with Crippen molar-refractivity contribution in [2.75, 3.05) is 0 Å². The number of thiophene rings is 1. The highest BCUT2D eigenvalue weighted by Crippen LogP contribution is 2.28. The molecule has 5 heteroatoms. The fourth-order valence-corrected chi connectivity index (χ4v) is 4.72. The van der Waals surface area contributed by atoms with E-state index in [-0.39, 0.29) is 0 Å². The zero-order valence-electron chi connectivity index (χ0n) is 21.0. The van der Waals surface area contributed by atoms with Gasteiger partial charge in [0.25, 0.3) is 0 Å². The number of hydrogen-bond donors (Lipinski definition) is 0. The average Bonchev–Trinajstić information content (AvgIpc) is 3.39. The van der Waals surface area contributed by atoms with Gasteiger partial charge in [-0.15, -0.1) is 11.3 Å². The molecule has 2 aliphatic carbocycles. The summed E-state index contributed by atoms with van der Waals surface area (Å²) < 4.78 is 10.9. The van der Waals surface area contributed by atoms with Crippen molar-refractivity contribution in [2.24, 2.45) is 0 Å². The smallest absolute Gasteiger partial charge is 0.352 e. The van der Waals surface area contributed by atoms with Gasteiger partial charge in [0.2, 0.25) is 0 Å². The lowest BCUT2D eigenvalue weighted by molar-refractivity contribution is 0.543. The van der Waals surface area contributed by atoms with Crippen LogP contribution in [0.1, 0.15) is 71.5 Å². The van der Waals surface area contributed by atoms with Crippen molar-refractivity contribution in [3.63, 3.8) is 0 Å². The molecule has 37 heavy (non-hydrogen) atoms. The van der Waals surface area contributed by atoms with Crippen molar-refractivity contribution in [3.05, 3.63) is 114 Å². The molecule has 0 unspecified atom stereocenters. The minimum absolute atomic E-state index is 0.307. The first-order valence-electron chi connectivity index (χ1n) is 12.1. The summed E-state index contributed by atoms with van der Waals surface area (Å²) in [6, 6.07) is 19.1. The Morgan fingerprint density at radius 2 is 1.05 bits per heavy atom. The van der Waals surface area contributed by atoms with E-state index in [1.807, 2.05) is 48.5 Å². The van der Waals surface area contributed by atoms with E-state index in [0.717, 1.165) is 20.9 Å². The van der Waals surface area contributed by atoms with Crippen molar-refractivity contribution < 1.29 is 8.83 Å². The summed E-state index contributed by atoms with van der Waals surface area (Å²) in [4.78, 5) is 26.5. The van der Waals surface area contributed by atoms with Crippen molar-refractivity contribution in [1.82, 2.24) is 0 Å². The molecule has 0 N–H and O–H groups in total. The highest BCUT2D eigenvalue weighted by molar-refractivity contribution is 7.13. The van der Waals surface area contributed by atoms with E-state index >= 15 is 0 Å². The second kappa shape index (κ2) is 9.97. The minimum atomic E-state index is -0.441. The Labute approximate surface area is 219 Å². The van der Waals surface area contributed by atoms with Gasteiger partial charge in [0.15, 0.2) is 0 Å². The number of hydrogen-bond acceptors (Lipinski definition) is 5. The van der Waals surface area contributed by atoms with E-state index in [9.17, 15) is 9.59 Å². The van der Waals surface area contributed by atoms with Crippen LogP contribution in [0.25, 0.3) is 22.6 Å². The van der Waals surface area contributed by atoms with E-state index in [2.05, 4.69) is 51.4 Å². The zero-order chi connectivity index (χ0) is 26.1. The molecule has 2 aliphatic heterocycles. The second-order valence-corrected chi connectivity index (χ2v) is 10.5. The average molecular weight is 505 g/mol. The predicted octanol–water partition coefficient (Wildman–Crippen LogP) is 6.91. The highest BCUT2D eigenvalue weighted by atomic mass is 32.1. The topological polar surface area (TPSA) is 60.4 Å². The van der Waals surface area contributed by atoms with Gasteiger partial charge in [0.05, 0.1) is 9.75 Å². The van der Waals surface area contributed by atoms with Crippen LogP contribution in [0.4, 0.5) is 0 Å². The Morgan fingerprint density at radius 1 is 0.622 bits per heavy atom. The molecule has 0 atom stereocenters. The maximum Gasteiger partial charge on any atom is 0.352 e. The molecular formula is C32H24O4S. The van der Waals surface area contributed by atoms with Crippen LogP contribution in [0.3, 0.4) is 0 Å². The Kier molecular flexibility index (Phi) is 6.57. The van der Waals surface area contributed by atoms with Crippen LogP contribution in [0.5, 0.6) is 0 Å². The molecule has 4 nitrogen and oxygen atoms in total. The molecule has 0 bridgehead atoms. The summed E-state index contributed by atoms with van der Waals surface area (Å²) in [7, 11) is 0. The van der Waals surface area contributed by atoms with Gasteiger partial charge in [-0.25, -0.2) is 9.59 Å². The number of rotatable bonds is 2. The molecule has 4 aliphatic rings. The molecule has 0 spiro atoms. The van der Waals surface area contributed by atoms with Crippen LogP contribution >= 0.6 is 11.3 Å². The first-order chi connectivity index (χ1) is 17.8. The number of fused-ring (bicyclic) bond motifs is 2. The molecule has 0 fully saturated rings. The first-order valence-corrected chi connectivity index (χ1v) is 12.9. The molecule has 1 aromatic heterocycles. The van der Waals surface area contributed by atoms with Gasteiger partial charge in [-0.2, -0.15) is 0 Å². The van der Waals surface area contributed by atoms with Crippen LogP contribution < -0.4 is 11.3 Å². The van der Waals surface area contributed by atoms with E-state index in [4.69, 9.17) is 8.83 Å². The maximum absolute atomic E-state index is 12.5. The second-order valence-electron chi connectivity index (χ2n) is 9.40. The van der Waals surface area contributed by atoms with Crippen molar-refractivity contribution >= 4 is 11.3 Å². The van der Waals surface area contributed by atoms with Gasteiger partial charge < -0.3 is 8.83 Å².